The van der Waals surface area contributed by atoms with Crippen LogP contribution in [0.15, 0.2) is 11.6 Å². The van der Waals surface area contributed by atoms with Crippen LogP contribution in [-0.2, 0) is 0 Å². The van der Waals surface area contributed by atoms with Gasteiger partial charge in [0.15, 0.2) is 0 Å². The number of hydrogen-bond donors (Lipinski definition) is 0. The summed E-state index contributed by atoms with van der Waals surface area (Å²) in [4.78, 5) is 0. The van der Waals surface area contributed by atoms with E-state index in [9.17, 15) is 0 Å². The lowest BCUT2D eigenvalue weighted by Crippen LogP contribution is -1.80. The van der Waals surface area contributed by atoms with Crippen molar-refractivity contribution in [3.8, 4) is 11.8 Å². The van der Waals surface area contributed by atoms with Gasteiger partial charge in [-0.15, -0.1) is 5.92 Å². The van der Waals surface area contributed by atoms with Crippen molar-refractivity contribution in [2.24, 2.45) is 0 Å². The molecule has 0 saturated carbocycles. The summed E-state index contributed by atoms with van der Waals surface area (Å²) in [6.07, 6.45) is 6.77. The minimum Gasteiger partial charge on any atom is -0.103 e. The van der Waals surface area contributed by atoms with E-state index in [0.717, 1.165) is 12.8 Å². The molecule has 0 spiro atoms. The average molecular weight is 120 g/mol. The van der Waals surface area contributed by atoms with E-state index in [1.807, 2.05) is 0 Å². The van der Waals surface area contributed by atoms with Gasteiger partial charge < -0.3 is 0 Å². The Morgan fingerprint density at radius 3 is 3.22 bits per heavy atom. The van der Waals surface area contributed by atoms with Crippen molar-refractivity contribution in [1.82, 2.24) is 0 Å². The molecule has 0 bridgehead atoms. The molecule has 0 aromatic carbocycles. The summed E-state index contributed by atoms with van der Waals surface area (Å²) in [6.45, 7) is 2.19. The summed E-state index contributed by atoms with van der Waals surface area (Å²) in [5.74, 6) is 6.20. The third-order valence-corrected chi connectivity index (χ3v) is 1.55. The van der Waals surface area contributed by atoms with Crippen molar-refractivity contribution in [3.63, 3.8) is 0 Å². The monoisotopic (exact) mass is 120 g/mol. The maximum absolute atomic E-state index is 3.11. The first-order chi connectivity index (χ1) is 4.39. The molecule has 0 aromatic rings. The average Bonchev–Trinajstić information content (AvgIpc) is 1.79. The zero-order valence-corrected chi connectivity index (χ0v) is 5.91. The molecule has 0 heterocycles. The van der Waals surface area contributed by atoms with Crippen molar-refractivity contribution in [2.75, 3.05) is 0 Å². The van der Waals surface area contributed by atoms with Crippen LogP contribution in [0.5, 0.6) is 0 Å². The van der Waals surface area contributed by atoms with Gasteiger partial charge in [-0.2, -0.15) is 0 Å². The highest BCUT2D eigenvalue weighted by Crippen LogP contribution is 2.08. The third kappa shape index (κ3) is 2.37. The molecule has 0 saturated heterocycles. The normalized spacial score (nSPS) is 18.6. The SMILES string of the molecule is CC1=CCC#CCCC1. The van der Waals surface area contributed by atoms with Crippen LogP contribution in [-0.4, -0.2) is 0 Å². The number of allylic oxidation sites excluding steroid dienone is 2. The van der Waals surface area contributed by atoms with Gasteiger partial charge in [0.2, 0.25) is 0 Å². The van der Waals surface area contributed by atoms with E-state index >= 15 is 0 Å². The van der Waals surface area contributed by atoms with E-state index in [-0.39, 0.29) is 0 Å². The van der Waals surface area contributed by atoms with Gasteiger partial charge in [-0.3, -0.25) is 0 Å². The van der Waals surface area contributed by atoms with Crippen LogP contribution in [0.3, 0.4) is 0 Å². The largest absolute Gasteiger partial charge is 0.103 e. The summed E-state index contributed by atoms with van der Waals surface area (Å²) in [5.41, 5.74) is 1.50. The fraction of sp³-hybridized carbons (Fsp3) is 0.556. The minimum atomic E-state index is 0.964. The Morgan fingerprint density at radius 1 is 1.44 bits per heavy atom. The maximum Gasteiger partial charge on any atom is 0.0272 e. The Kier molecular flexibility index (Phi) is 2.39. The molecule has 1 aliphatic carbocycles. The Labute approximate surface area is 57.0 Å². The van der Waals surface area contributed by atoms with E-state index in [0.29, 0.717) is 0 Å². The summed E-state index contributed by atoms with van der Waals surface area (Å²) in [5, 5.41) is 0. The molecule has 0 atom stereocenters. The Balaban J connectivity index is 2.50. The fourth-order valence-electron chi connectivity index (χ4n) is 0.943. The summed E-state index contributed by atoms with van der Waals surface area (Å²) >= 11 is 0. The molecule has 0 N–H and O–H groups in total. The lowest BCUT2D eigenvalue weighted by molar-refractivity contribution is 0.838. The molecule has 48 valence electrons. The Morgan fingerprint density at radius 2 is 2.33 bits per heavy atom. The Hall–Kier alpha value is -0.700. The van der Waals surface area contributed by atoms with Gasteiger partial charge in [-0.1, -0.05) is 17.6 Å². The molecular formula is C9H12. The minimum absolute atomic E-state index is 0.964. The molecule has 0 nitrogen and oxygen atoms in total. The molecule has 0 heteroatoms. The lowest BCUT2D eigenvalue weighted by atomic mass is 10.1. The predicted octanol–water partition coefficient (Wildman–Crippen LogP) is 2.51. The van der Waals surface area contributed by atoms with E-state index in [4.69, 9.17) is 0 Å². The topological polar surface area (TPSA) is 0 Å². The smallest absolute Gasteiger partial charge is 0.0272 e. The highest BCUT2D eigenvalue weighted by Gasteiger charge is 1.90. The summed E-state index contributed by atoms with van der Waals surface area (Å²) in [6, 6.07) is 0. The molecule has 0 unspecified atom stereocenters. The first kappa shape index (κ1) is 6.42. The van der Waals surface area contributed by atoms with Crippen LogP contribution >= 0.6 is 0 Å². The Bertz CT molecular complexity index is 164. The first-order valence-electron chi connectivity index (χ1n) is 3.51. The van der Waals surface area contributed by atoms with Crippen LogP contribution in [0.2, 0.25) is 0 Å². The lowest BCUT2D eigenvalue weighted by Gasteiger charge is -1.98. The van der Waals surface area contributed by atoms with Crippen molar-refractivity contribution in [3.05, 3.63) is 11.6 Å². The maximum atomic E-state index is 3.11. The van der Waals surface area contributed by atoms with Crippen LogP contribution in [0.4, 0.5) is 0 Å². The third-order valence-electron chi connectivity index (χ3n) is 1.55. The molecule has 0 aromatic heterocycles. The van der Waals surface area contributed by atoms with E-state index in [2.05, 4.69) is 24.8 Å². The van der Waals surface area contributed by atoms with Gasteiger partial charge in [0, 0.05) is 12.8 Å². The predicted molar refractivity (Wildman–Crippen MR) is 40.0 cm³/mol. The van der Waals surface area contributed by atoms with E-state index in [1.165, 1.54) is 18.4 Å². The van der Waals surface area contributed by atoms with Crippen molar-refractivity contribution in [1.29, 1.82) is 0 Å². The van der Waals surface area contributed by atoms with Gasteiger partial charge in [0.25, 0.3) is 0 Å². The van der Waals surface area contributed by atoms with Crippen LogP contribution in [0.25, 0.3) is 0 Å². The zero-order valence-electron chi connectivity index (χ0n) is 5.91. The first-order valence-corrected chi connectivity index (χ1v) is 3.51. The van der Waals surface area contributed by atoms with Gasteiger partial charge in [-0.25, -0.2) is 0 Å². The van der Waals surface area contributed by atoms with Crippen molar-refractivity contribution >= 4 is 0 Å². The van der Waals surface area contributed by atoms with Crippen LogP contribution in [0.1, 0.15) is 32.6 Å². The molecule has 9 heavy (non-hydrogen) atoms. The van der Waals surface area contributed by atoms with Gasteiger partial charge in [-0.05, 0) is 19.8 Å². The molecule has 0 fully saturated rings. The van der Waals surface area contributed by atoms with Gasteiger partial charge in [0.1, 0.15) is 0 Å². The van der Waals surface area contributed by atoms with E-state index in [1.54, 1.807) is 0 Å². The highest BCUT2D eigenvalue weighted by atomic mass is 14.0. The van der Waals surface area contributed by atoms with Crippen molar-refractivity contribution in [2.45, 2.75) is 32.6 Å². The zero-order chi connectivity index (χ0) is 6.53. The quantitative estimate of drug-likeness (QED) is 0.340. The highest BCUT2D eigenvalue weighted by molar-refractivity contribution is 5.11. The fourth-order valence-corrected chi connectivity index (χ4v) is 0.943. The molecule has 1 aliphatic rings. The second kappa shape index (κ2) is 3.35. The summed E-state index contributed by atoms with van der Waals surface area (Å²) in [7, 11) is 0. The number of hydrogen-bond acceptors (Lipinski definition) is 0. The molecule has 0 aliphatic heterocycles. The molecular weight excluding hydrogens is 108 g/mol. The second-order valence-electron chi connectivity index (χ2n) is 2.46. The molecule has 1 rings (SSSR count). The van der Waals surface area contributed by atoms with Crippen molar-refractivity contribution < 1.29 is 0 Å². The van der Waals surface area contributed by atoms with Gasteiger partial charge in [0.05, 0.1) is 0 Å². The molecule has 0 amide bonds. The van der Waals surface area contributed by atoms with Crippen LogP contribution < -0.4 is 0 Å². The molecule has 0 radical (unpaired) electrons. The standard InChI is InChI=1S/C9H12/c1-9-7-5-3-2-4-6-8-9/h8H,3,5-7H2,1H3. The number of rotatable bonds is 0. The summed E-state index contributed by atoms with van der Waals surface area (Å²) < 4.78 is 0. The van der Waals surface area contributed by atoms with E-state index < -0.39 is 0 Å². The van der Waals surface area contributed by atoms with Gasteiger partial charge >= 0.3 is 0 Å². The van der Waals surface area contributed by atoms with Crippen LogP contribution in [0, 0.1) is 11.8 Å². The second-order valence-corrected chi connectivity index (χ2v) is 2.46.